The fraction of sp³-hybridized carbons (Fsp3) is 1.00. The Balaban J connectivity index is 1.50. The van der Waals surface area contributed by atoms with Crippen molar-refractivity contribution in [3.8, 4) is 0 Å². The van der Waals surface area contributed by atoms with Crippen LogP contribution in [0.4, 0.5) is 13.2 Å². The third-order valence-corrected chi connectivity index (χ3v) is 4.05. The molecule has 0 bridgehead atoms. The quantitative estimate of drug-likeness (QED) is 0.721. The normalized spacial score (nSPS) is 29.5. The van der Waals surface area contributed by atoms with Crippen molar-refractivity contribution in [2.24, 2.45) is 11.8 Å². The summed E-state index contributed by atoms with van der Waals surface area (Å²) >= 11 is 0. The van der Waals surface area contributed by atoms with Crippen LogP contribution in [0.3, 0.4) is 0 Å². The van der Waals surface area contributed by atoms with Crippen molar-refractivity contribution in [3.63, 3.8) is 0 Å². The van der Waals surface area contributed by atoms with Gasteiger partial charge in [-0.3, -0.25) is 0 Å². The minimum Gasteiger partial charge on any atom is -0.315 e. The highest BCUT2D eigenvalue weighted by Gasteiger charge is 2.41. The molecular weight excluding hydrogens is 241 g/mol. The fourth-order valence-corrected chi connectivity index (χ4v) is 2.65. The lowest BCUT2D eigenvalue weighted by Crippen LogP contribution is -2.34. The topological polar surface area (TPSA) is 24.1 Å². The predicted octanol–water partition coefficient (Wildman–Crippen LogP) is 2.70. The SMILES string of the molecule is FC(F)(F)C1CCC(CNCCNC2CC2)CC1. The Bertz CT molecular complexity index is 243. The first kappa shape index (κ1) is 14.1. The van der Waals surface area contributed by atoms with Crippen molar-refractivity contribution in [3.05, 3.63) is 0 Å². The van der Waals surface area contributed by atoms with Gasteiger partial charge in [0.2, 0.25) is 0 Å². The molecular formula is C13H23F3N2. The van der Waals surface area contributed by atoms with Crippen LogP contribution in [0.25, 0.3) is 0 Å². The van der Waals surface area contributed by atoms with Gasteiger partial charge < -0.3 is 10.6 Å². The van der Waals surface area contributed by atoms with Crippen molar-refractivity contribution in [2.75, 3.05) is 19.6 Å². The molecule has 2 aliphatic rings. The van der Waals surface area contributed by atoms with E-state index >= 15 is 0 Å². The Morgan fingerprint density at radius 3 is 2.11 bits per heavy atom. The van der Waals surface area contributed by atoms with E-state index in [0.29, 0.717) is 31.6 Å². The van der Waals surface area contributed by atoms with Crippen LogP contribution in [0.2, 0.25) is 0 Å². The molecule has 18 heavy (non-hydrogen) atoms. The lowest BCUT2D eigenvalue weighted by molar-refractivity contribution is -0.183. The molecule has 0 atom stereocenters. The van der Waals surface area contributed by atoms with E-state index in [0.717, 1.165) is 25.7 Å². The van der Waals surface area contributed by atoms with Gasteiger partial charge in [0.15, 0.2) is 0 Å². The molecule has 5 heteroatoms. The molecule has 0 heterocycles. The van der Waals surface area contributed by atoms with E-state index in [9.17, 15) is 13.2 Å². The summed E-state index contributed by atoms with van der Waals surface area (Å²) in [5.41, 5.74) is 0. The van der Waals surface area contributed by atoms with E-state index in [4.69, 9.17) is 0 Å². The number of nitrogens with one attached hydrogen (secondary N) is 2. The Hall–Kier alpha value is -0.290. The Kier molecular flexibility index (Phi) is 4.90. The van der Waals surface area contributed by atoms with Crippen molar-refractivity contribution in [1.82, 2.24) is 10.6 Å². The Labute approximate surface area is 107 Å². The summed E-state index contributed by atoms with van der Waals surface area (Å²) in [5, 5.41) is 6.76. The monoisotopic (exact) mass is 264 g/mol. The highest BCUT2D eigenvalue weighted by atomic mass is 19.4. The van der Waals surface area contributed by atoms with E-state index in [2.05, 4.69) is 10.6 Å². The molecule has 0 amide bonds. The number of hydrogen-bond donors (Lipinski definition) is 2. The Morgan fingerprint density at radius 1 is 0.889 bits per heavy atom. The van der Waals surface area contributed by atoms with Gasteiger partial charge in [0.25, 0.3) is 0 Å². The van der Waals surface area contributed by atoms with E-state index in [1.54, 1.807) is 0 Å². The standard InChI is InChI=1S/C13H23F3N2/c14-13(15,16)11-3-1-10(2-4-11)9-17-7-8-18-12-5-6-12/h10-12,17-18H,1-9H2. The number of halogens is 3. The summed E-state index contributed by atoms with van der Waals surface area (Å²) < 4.78 is 37.4. The molecule has 2 aliphatic carbocycles. The van der Waals surface area contributed by atoms with Crippen LogP contribution < -0.4 is 10.6 Å². The minimum absolute atomic E-state index is 0.316. The largest absolute Gasteiger partial charge is 0.391 e. The average molecular weight is 264 g/mol. The first-order valence-corrected chi connectivity index (χ1v) is 7.06. The zero-order valence-electron chi connectivity index (χ0n) is 10.7. The molecule has 0 aromatic carbocycles. The summed E-state index contributed by atoms with van der Waals surface area (Å²) in [5.74, 6) is -0.616. The molecule has 0 radical (unpaired) electrons. The third-order valence-electron chi connectivity index (χ3n) is 4.05. The molecule has 2 N–H and O–H groups in total. The van der Waals surface area contributed by atoms with Crippen molar-refractivity contribution < 1.29 is 13.2 Å². The third kappa shape index (κ3) is 4.76. The second kappa shape index (κ2) is 6.24. The highest BCUT2D eigenvalue weighted by molar-refractivity contribution is 4.81. The van der Waals surface area contributed by atoms with Gasteiger partial charge in [-0.1, -0.05) is 0 Å². The maximum Gasteiger partial charge on any atom is 0.391 e. The maximum atomic E-state index is 12.5. The van der Waals surface area contributed by atoms with Gasteiger partial charge in [-0.15, -0.1) is 0 Å². The molecule has 0 unspecified atom stereocenters. The first-order chi connectivity index (χ1) is 8.55. The summed E-state index contributed by atoms with van der Waals surface area (Å²) in [6.07, 6.45) is 0.669. The zero-order valence-corrected chi connectivity index (χ0v) is 10.7. The van der Waals surface area contributed by atoms with Gasteiger partial charge in [-0.05, 0) is 51.0 Å². The molecule has 2 rings (SSSR count). The van der Waals surface area contributed by atoms with E-state index in [1.165, 1.54) is 12.8 Å². The van der Waals surface area contributed by atoms with Gasteiger partial charge >= 0.3 is 6.18 Å². The molecule has 2 fully saturated rings. The number of hydrogen-bond acceptors (Lipinski definition) is 2. The van der Waals surface area contributed by atoms with Gasteiger partial charge in [0.1, 0.15) is 0 Å². The van der Waals surface area contributed by atoms with Crippen molar-refractivity contribution >= 4 is 0 Å². The fourth-order valence-electron chi connectivity index (χ4n) is 2.65. The summed E-state index contributed by atoms with van der Waals surface area (Å²) in [6.45, 7) is 2.77. The minimum atomic E-state index is -3.98. The second-order valence-electron chi connectivity index (χ2n) is 5.69. The molecule has 0 aliphatic heterocycles. The molecule has 106 valence electrons. The van der Waals surface area contributed by atoms with Crippen LogP contribution in [-0.4, -0.2) is 31.9 Å². The molecule has 0 saturated heterocycles. The highest BCUT2D eigenvalue weighted by Crippen LogP contribution is 2.39. The second-order valence-corrected chi connectivity index (χ2v) is 5.69. The lowest BCUT2D eigenvalue weighted by Gasteiger charge is -2.29. The lowest BCUT2D eigenvalue weighted by atomic mass is 9.81. The van der Waals surface area contributed by atoms with Crippen molar-refractivity contribution in [1.29, 1.82) is 0 Å². The average Bonchev–Trinajstić information content (AvgIpc) is 3.12. The smallest absolute Gasteiger partial charge is 0.315 e. The van der Waals surface area contributed by atoms with Crippen LogP contribution in [0.1, 0.15) is 38.5 Å². The van der Waals surface area contributed by atoms with Gasteiger partial charge in [-0.2, -0.15) is 13.2 Å². The predicted molar refractivity (Wildman–Crippen MR) is 65.4 cm³/mol. The molecule has 2 nitrogen and oxygen atoms in total. The Morgan fingerprint density at radius 2 is 1.56 bits per heavy atom. The van der Waals surface area contributed by atoms with Gasteiger partial charge in [-0.25, -0.2) is 0 Å². The molecule has 0 aromatic heterocycles. The number of alkyl halides is 3. The number of rotatable bonds is 6. The summed E-state index contributed by atoms with van der Waals surface area (Å²) in [4.78, 5) is 0. The van der Waals surface area contributed by atoms with Crippen LogP contribution in [-0.2, 0) is 0 Å². The van der Waals surface area contributed by atoms with E-state index in [1.807, 2.05) is 0 Å². The summed E-state index contributed by atoms with van der Waals surface area (Å²) in [7, 11) is 0. The van der Waals surface area contributed by atoms with Crippen LogP contribution in [0.15, 0.2) is 0 Å². The first-order valence-electron chi connectivity index (χ1n) is 7.06. The van der Waals surface area contributed by atoms with Crippen LogP contribution >= 0.6 is 0 Å². The maximum absolute atomic E-state index is 12.5. The molecule has 0 spiro atoms. The van der Waals surface area contributed by atoms with Gasteiger partial charge in [0.05, 0.1) is 5.92 Å². The van der Waals surface area contributed by atoms with Gasteiger partial charge in [0, 0.05) is 19.1 Å². The molecule has 2 saturated carbocycles. The van der Waals surface area contributed by atoms with Crippen LogP contribution in [0, 0.1) is 11.8 Å². The molecule has 0 aromatic rings. The van der Waals surface area contributed by atoms with E-state index < -0.39 is 12.1 Å². The van der Waals surface area contributed by atoms with Crippen molar-refractivity contribution in [2.45, 2.75) is 50.7 Å². The summed E-state index contributed by atoms with van der Waals surface area (Å²) in [6, 6.07) is 0.731. The van der Waals surface area contributed by atoms with Crippen LogP contribution in [0.5, 0.6) is 0 Å². The van der Waals surface area contributed by atoms with E-state index in [-0.39, 0.29) is 0 Å². The zero-order chi connectivity index (χ0) is 13.0.